The summed E-state index contributed by atoms with van der Waals surface area (Å²) in [5.74, 6) is -0.274. The highest BCUT2D eigenvalue weighted by Gasteiger charge is 2.24. The Bertz CT molecular complexity index is 340. The molecule has 0 aliphatic rings. The van der Waals surface area contributed by atoms with Crippen LogP contribution >= 0.6 is 0 Å². The zero-order valence-corrected chi connectivity index (χ0v) is 11.4. The van der Waals surface area contributed by atoms with Crippen molar-refractivity contribution in [3.8, 4) is 0 Å². The van der Waals surface area contributed by atoms with Crippen LogP contribution in [0.25, 0.3) is 0 Å². The topological polar surface area (TPSA) is 34.1 Å². The number of pyridine rings is 1. The largest absolute Gasteiger partial charge is 0.377 e. The summed E-state index contributed by atoms with van der Waals surface area (Å²) in [5, 5.41) is 3.32. The summed E-state index contributed by atoms with van der Waals surface area (Å²) in [5.41, 5.74) is 0.638. The van der Waals surface area contributed by atoms with Gasteiger partial charge in [-0.2, -0.15) is 0 Å². The zero-order valence-electron chi connectivity index (χ0n) is 11.4. The van der Waals surface area contributed by atoms with Crippen LogP contribution in [0, 0.1) is 5.82 Å². The summed E-state index contributed by atoms with van der Waals surface area (Å²) >= 11 is 0. The Morgan fingerprint density at radius 1 is 1.39 bits per heavy atom. The molecular weight excluding hydrogens is 231 g/mol. The predicted octanol–water partition coefficient (Wildman–Crippen LogP) is 3.08. The first kappa shape index (κ1) is 15.1. The van der Waals surface area contributed by atoms with Gasteiger partial charge in [0.15, 0.2) is 0 Å². The van der Waals surface area contributed by atoms with Crippen molar-refractivity contribution >= 4 is 0 Å². The fourth-order valence-corrected chi connectivity index (χ4v) is 2.14. The highest BCUT2D eigenvalue weighted by Crippen LogP contribution is 2.24. The van der Waals surface area contributed by atoms with Crippen LogP contribution in [-0.4, -0.2) is 24.2 Å². The SMILES string of the molecule is CCCC(OCC)C(NCC)c1ccncc1F. The van der Waals surface area contributed by atoms with Gasteiger partial charge in [0.2, 0.25) is 0 Å². The second kappa shape index (κ2) is 8.16. The summed E-state index contributed by atoms with van der Waals surface area (Å²) in [6, 6.07) is 1.61. The van der Waals surface area contributed by atoms with Crippen LogP contribution < -0.4 is 5.32 Å². The quantitative estimate of drug-likeness (QED) is 0.774. The first-order chi connectivity index (χ1) is 8.74. The number of hydrogen-bond acceptors (Lipinski definition) is 3. The van der Waals surface area contributed by atoms with E-state index in [0.717, 1.165) is 19.4 Å². The fraction of sp³-hybridized carbons (Fsp3) is 0.643. The number of halogens is 1. The lowest BCUT2D eigenvalue weighted by atomic mass is 9.98. The van der Waals surface area contributed by atoms with Crippen LogP contribution in [0.5, 0.6) is 0 Å². The lowest BCUT2D eigenvalue weighted by Crippen LogP contribution is -2.34. The van der Waals surface area contributed by atoms with E-state index in [1.807, 2.05) is 13.8 Å². The van der Waals surface area contributed by atoms with Gasteiger partial charge in [0.05, 0.1) is 18.3 Å². The van der Waals surface area contributed by atoms with E-state index in [9.17, 15) is 4.39 Å². The van der Waals surface area contributed by atoms with Crippen molar-refractivity contribution < 1.29 is 9.13 Å². The minimum Gasteiger partial charge on any atom is -0.377 e. The van der Waals surface area contributed by atoms with Crippen LogP contribution in [0.15, 0.2) is 18.5 Å². The first-order valence-corrected chi connectivity index (χ1v) is 6.68. The monoisotopic (exact) mass is 254 g/mol. The molecule has 0 bridgehead atoms. The van der Waals surface area contributed by atoms with E-state index in [1.54, 1.807) is 12.3 Å². The lowest BCUT2D eigenvalue weighted by Gasteiger charge is -2.28. The van der Waals surface area contributed by atoms with Gasteiger partial charge in [0, 0.05) is 18.4 Å². The third kappa shape index (κ3) is 4.03. The van der Waals surface area contributed by atoms with Gasteiger partial charge in [0.1, 0.15) is 5.82 Å². The highest BCUT2D eigenvalue weighted by atomic mass is 19.1. The molecule has 0 saturated heterocycles. The number of nitrogens with one attached hydrogen (secondary N) is 1. The molecular formula is C14H23FN2O. The summed E-state index contributed by atoms with van der Waals surface area (Å²) in [6.07, 6.45) is 4.80. The van der Waals surface area contributed by atoms with Gasteiger partial charge < -0.3 is 10.1 Å². The second-order valence-electron chi connectivity index (χ2n) is 4.22. The zero-order chi connectivity index (χ0) is 13.4. The maximum Gasteiger partial charge on any atom is 0.146 e. The average Bonchev–Trinajstić information content (AvgIpc) is 2.37. The molecule has 0 radical (unpaired) electrons. The van der Waals surface area contributed by atoms with Crippen molar-refractivity contribution in [2.75, 3.05) is 13.2 Å². The molecule has 1 N–H and O–H groups in total. The third-order valence-electron chi connectivity index (χ3n) is 2.89. The summed E-state index contributed by atoms with van der Waals surface area (Å²) in [6.45, 7) is 7.51. The number of aromatic nitrogens is 1. The minimum absolute atomic E-state index is 0.00292. The van der Waals surface area contributed by atoms with Crippen molar-refractivity contribution in [1.82, 2.24) is 10.3 Å². The van der Waals surface area contributed by atoms with E-state index >= 15 is 0 Å². The first-order valence-electron chi connectivity index (χ1n) is 6.68. The van der Waals surface area contributed by atoms with Crippen molar-refractivity contribution in [3.63, 3.8) is 0 Å². The predicted molar refractivity (Wildman–Crippen MR) is 70.9 cm³/mol. The molecule has 1 rings (SSSR count). The molecule has 0 spiro atoms. The standard InChI is InChI=1S/C14H23FN2O/c1-4-7-13(18-6-3)14(17-5-2)11-8-9-16-10-12(11)15/h8-10,13-14,17H,4-7H2,1-3H3. The average molecular weight is 254 g/mol. The number of nitrogens with zero attached hydrogens (tertiary/aromatic N) is 1. The molecule has 0 saturated carbocycles. The van der Waals surface area contributed by atoms with E-state index in [1.165, 1.54) is 6.20 Å². The van der Waals surface area contributed by atoms with Crippen LogP contribution in [0.4, 0.5) is 4.39 Å². The number of likely N-dealkylation sites (N-methyl/N-ethyl adjacent to an activating group) is 1. The van der Waals surface area contributed by atoms with E-state index in [2.05, 4.69) is 17.2 Å². The third-order valence-corrected chi connectivity index (χ3v) is 2.89. The lowest BCUT2D eigenvalue weighted by molar-refractivity contribution is 0.0271. The Hall–Kier alpha value is -1.00. The Labute approximate surface area is 109 Å². The molecule has 0 fully saturated rings. The van der Waals surface area contributed by atoms with Gasteiger partial charge in [-0.25, -0.2) is 4.39 Å². The number of hydrogen-bond donors (Lipinski definition) is 1. The minimum atomic E-state index is -0.274. The maximum absolute atomic E-state index is 13.8. The molecule has 1 aromatic heterocycles. The van der Waals surface area contributed by atoms with Crippen LogP contribution in [0.3, 0.4) is 0 Å². The van der Waals surface area contributed by atoms with Crippen LogP contribution in [0.2, 0.25) is 0 Å². The number of ether oxygens (including phenoxy) is 1. The molecule has 0 aromatic carbocycles. The van der Waals surface area contributed by atoms with Crippen molar-refractivity contribution in [1.29, 1.82) is 0 Å². The van der Waals surface area contributed by atoms with Gasteiger partial charge in [0.25, 0.3) is 0 Å². The summed E-state index contributed by atoms with van der Waals surface area (Å²) in [7, 11) is 0. The van der Waals surface area contributed by atoms with E-state index in [4.69, 9.17) is 4.74 Å². The summed E-state index contributed by atoms with van der Waals surface area (Å²) in [4.78, 5) is 3.80. The molecule has 18 heavy (non-hydrogen) atoms. The Morgan fingerprint density at radius 2 is 2.17 bits per heavy atom. The second-order valence-corrected chi connectivity index (χ2v) is 4.22. The fourth-order valence-electron chi connectivity index (χ4n) is 2.14. The van der Waals surface area contributed by atoms with Gasteiger partial charge in [-0.1, -0.05) is 20.3 Å². The smallest absolute Gasteiger partial charge is 0.146 e. The Balaban J connectivity index is 2.95. The maximum atomic E-state index is 13.8. The van der Waals surface area contributed by atoms with Gasteiger partial charge in [-0.15, -0.1) is 0 Å². The van der Waals surface area contributed by atoms with E-state index < -0.39 is 0 Å². The number of rotatable bonds is 8. The van der Waals surface area contributed by atoms with Crippen molar-refractivity contribution in [2.45, 2.75) is 45.8 Å². The van der Waals surface area contributed by atoms with E-state index in [0.29, 0.717) is 12.2 Å². The molecule has 0 aliphatic carbocycles. The molecule has 0 amide bonds. The van der Waals surface area contributed by atoms with E-state index in [-0.39, 0.29) is 18.0 Å². The van der Waals surface area contributed by atoms with Crippen LogP contribution in [0.1, 0.15) is 45.2 Å². The molecule has 2 atom stereocenters. The molecule has 2 unspecified atom stereocenters. The van der Waals surface area contributed by atoms with Crippen molar-refractivity contribution in [2.24, 2.45) is 0 Å². The molecule has 3 nitrogen and oxygen atoms in total. The Morgan fingerprint density at radius 3 is 2.72 bits per heavy atom. The normalized spacial score (nSPS) is 14.4. The van der Waals surface area contributed by atoms with Gasteiger partial charge in [-0.05, 0) is 26.0 Å². The highest BCUT2D eigenvalue weighted by molar-refractivity contribution is 5.19. The van der Waals surface area contributed by atoms with Gasteiger partial charge >= 0.3 is 0 Å². The molecule has 102 valence electrons. The molecule has 1 aromatic rings. The Kier molecular flexibility index (Phi) is 6.83. The van der Waals surface area contributed by atoms with Crippen LogP contribution in [-0.2, 0) is 4.74 Å². The van der Waals surface area contributed by atoms with Gasteiger partial charge in [-0.3, -0.25) is 4.98 Å². The van der Waals surface area contributed by atoms with Crippen molar-refractivity contribution in [3.05, 3.63) is 29.8 Å². The molecule has 4 heteroatoms. The summed E-state index contributed by atoms with van der Waals surface area (Å²) < 4.78 is 19.6. The molecule has 1 heterocycles. The molecule has 0 aliphatic heterocycles.